The highest BCUT2D eigenvalue weighted by Gasteiger charge is 2.29. The van der Waals surface area contributed by atoms with Crippen LogP contribution in [0.25, 0.3) is 0 Å². The van der Waals surface area contributed by atoms with E-state index in [1.165, 1.54) is 32.1 Å². The molecule has 0 fully saturated rings. The van der Waals surface area contributed by atoms with E-state index in [4.69, 9.17) is 0 Å². The first-order valence-corrected chi connectivity index (χ1v) is 6.10. The minimum Gasteiger partial charge on any atom is -0.255 e. The summed E-state index contributed by atoms with van der Waals surface area (Å²) in [5.41, 5.74) is 3.71. The maximum absolute atomic E-state index is 9.50. The second kappa shape index (κ2) is 6.03. The Bertz CT molecular complexity index is 309. The van der Waals surface area contributed by atoms with Crippen molar-refractivity contribution in [3.05, 3.63) is 35.5 Å². The van der Waals surface area contributed by atoms with E-state index >= 15 is 0 Å². The van der Waals surface area contributed by atoms with Crippen LogP contribution < -0.4 is 0 Å². The minimum absolute atomic E-state index is 0.463. The first-order chi connectivity index (χ1) is 7.71. The molecule has 2 aliphatic rings. The highest BCUT2D eigenvalue weighted by atomic mass is 19.1. The van der Waals surface area contributed by atoms with E-state index in [1.807, 2.05) is 0 Å². The molecule has 2 aliphatic carbocycles. The van der Waals surface area contributed by atoms with Crippen molar-refractivity contribution >= 4 is 0 Å². The van der Waals surface area contributed by atoms with Crippen LogP contribution in [0.15, 0.2) is 35.5 Å². The Hall–Kier alpha value is -0.850. The molecule has 0 aromatic rings. The van der Waals surface area contributed by atoms with Crippen LogP contribution in [-0.4, -0.2) is 7.18 Å². The molecule has 0 saturated carbocycles. The Labute approximate surface area is 98.9 Å². The zero-order chi connectivity index (χ0) is 12.0. The van der Waals surface area contributed by atoms with Crippen molar-refractivity contribution in [2.75, 3.05) is 7.18 Å². The molecule has 1 heteroatoms. The number of hydrogen-bond donors (Lipinski definition) is 0. The average molecular weight is 222 g/mol. The van der Waals surface area contributed by atoms with Crippen molar-refractivity contribution in [3.63, 3.8) is 0 Å². The van der Waals surface area contributed by atoms with E-state index < -0.39 is 0 Å². The Balaban J connectivity index is 0.000000606. The quantitative estimate of drug-likeness (QED) is 0.548. The summed E-state index contributed by atoms with van der Waals surface area (Å²) in [7, 11) is 0.500. The van der Waals surface area contributed by atoms with Gasteiger partial charge in [-0.15, -0.1) is 0 Å². The summed E-state index contributed by atoms with van der Waals surface area (Å²) in [4.78, 5) is 0. The Morgan fingerprint density at radius 1 is 1.25 bits per heavy atom. The molecule has 1 atom stereocenters. The third-order valence-electron chi connectivity index (χ3n) is 3.76. The third kappa shape index (κ3) is 3.07. The van der Waals surface area contributed by atoms with Crippen molar-refractivity contribution < 1.29 is 4.39 Å². The standard InChI is InChI=1S/C14H20.CH3F/c1-12-8-10-14(2,11-9-12)13-6-4-3-5-7-13;1-2/h3-4,6,8H,5,7,9-11H2,1-2H3;1H3. The molecule has 16 heavy (non-hydrogen) atoms. The lowest BCUT2D eigenvalue weighted by Gasteiger charge is -2.35. The molecule has 0 bridgehead atoms. The van der Waals surface area contributed by atoms with E-state index in [0.717, 1.165) is 0 Å². The monoisotopic (exact) mass is 222 g/mol. The smallest absolute Gasteiger partial charge is 0.0785 e. The van der Waals surface area contributed by atoms with E-state index in [1.54, 1.807) is 11.1 Å². The van der Waals surface area contributed by atoms with Crippen LogP contribution in [0.2, 0.25) is 0 Å². The van der Waals surface area contributed by atoms with Gasteiger partial charge in [-0.05, 0) is 44.4 Å². The SMILES string of the molecule is CC1=CCC(C)(C2=CC=CCC2)CC1.CF. The van der Waals surface area contributed by atoms with Gasteiger partial charge in [-0.3, -0.25) is 4.39 Å². The topological polar surface area (TPSA) is 0 Å². The Kier molecular flexibility index (Phi) is 4.98. The molecular weight excluding hydrogens is 199 g/mol. The maximum Gasteiger partial charge on any atom is 0.0785 e. The first-order valence-electron chi connectivity index (χ1n) is 6.10. The summed E-state index contributed by atoms with van der Waals surface area (Å²) in [6.07, 6.45) is 15.7. The van der Waals surface area contributed by atoms with Crippen LogP contribution in [0.1, 0.15) is 46.0 Å². The minimum atomic E-state index is 0.463. The predicted molar refractivity (Wildman–Crippen MR) is 69.2 cm³/mol. The Morgan fingerprint density at radius 3 is 2.50 bits per heavy atom. The van der Waals surface area contributed by atoms with Crippen molar-refractivity contribution in [3.8, 4) is 0 Å². The van der Waals surface area contributed by atoms with Crippen LogP contribution in [0.5, 0.6) is 0 Å². The van der Waals surface area contributed by atoms with Gasteiger partial charge >= 0.3 is 0 Å². The van der Waals surface area contributed by atoms with Crippen LogP contribution in [0, 0.1) is 5.41 Å². The van der Waals surface area contributed by atoms with E-state index in [2.05, 4.69) is 38.2 Å². The molecule has 0 N–H and O–H groups in total. The molecule has 0 saturated heterocycles. The molecule has 0 nitrogen and oxygen atoms in total. The van der Waals surface area contributed by atoms with E-state index in [0.29, 0.717) is 12.6 Å². The highest BCUT2D eigenvalue weighted by Crippen LogP contribution is 2.43. The van der Waals surface area contributed by atoms with Gasteiger partial charge in [0.15, 0.2) is 0 Å². The fourth-order valence-corrected chi connectivity index (χ4v) is 2.47. The van der Waals surface area contributed by atoms with Gasteiger partial charge in [-0.1, -0.05) is 42.4 Å². The molecule has 0 radical (unpaired) electrons. The molecule has 0 aromatic carbocycles. The molecular formula is C15H23F. The van der Waals surface area contributed by atoms with E-state index in [9.17, 15) is 4.39 Å². The highest BCUT2D eigenvalue weighted by molar-refractivity contribution is 5.26. The fraction of sp³-hybridized carbons (Fsp3) is 0.600. The van der Waals surface area contributed by atoms with Gasteiger partial charge in [-0.25, -0.2) is 0 Å². The molecule has 0 aliphatic heterocycles. The lowest BCUT2D eigenvalue weighted by molar-refractivity contribution is 0.341. The third-order valence-corrected chi connectivity index (χ3v) is 3.76. The summed E-state index contributed by atoms with van der Waals surface area (Å²) >= 11 is 0. The summed E-state index contributed by atoms with van der Waals surface area (Å²) in [6.45, 7) is 4.69. The molecule has 0 heterocycles. The average Bonchev–Trinajstić information content (AvgIpc) is 2.37. The number of rotatable bonds is 1. The fourth-order valence-electron chi connectivity index (χ4n) is 2.47. The van der Waals surface area contributed by atoms with Crippen molar-refractivity contribution in [2.24, 2.45) is 5.41 Å². The number of alkyl halides is 1. The zero-order valence-corrected chi connectivity index (χ0v) is 10.7. The summed E-state index contributed by atoms with van der Waals surface area (Å²) in [5, 5.41) is 0. The summed E-state index contributed by atoms with van der Waals surface area (Å²) in [6, 6.07) is 0. The van der Waals surface area contributed by atoms with Gasteiger partial charge in [0, 0.05) is 0 Å². The molecule has 0 spiro atoms. The maximum atomic E-state index is 9.50. The lowest BCUT2D eigenvalue weighted by Crippen LogP contribution is -2.22. The predicted octanol–water partition coefficient (Wildman–Crippen LogP) is 4.99. The van der Waals surface area contributed by atoms with Gasteiger partial charge in [-0.2, -0.15) is 0 Å². The molecule has 90 valence electrons. The van der Waals surface area contributed by atoms with Crippen LogP contribution in [0.3, 0.4) is 0 Å². The van der Waals surface area contributed by atoms with Crippen molar-refractivity contribution in [1.29, 1.82) is 0 Å². The van der Waals surface area contributed by atoms with Gasteiger partial charge < -0.3 is 0 Å². The molecule has 0 aromatic heterocycles. The summed E-state index contributed by atoms with van der Waals surface area (Å²) in [5.74, 6) is 0. The van der Waals surface area contributed by atoms with Crippen molar-refractivity contribution in [1.82, 2.24) is 0 Å². The Morgan fingerprint density at radius 2 is 2.00 bits per heavy atom. The number of hydrogen-bond acceptors (Lipinski definition) is 0. The molecule has 2 rings (SSSR count). The van der Waals surface area contributed by atoms with Crippen LogP contribution in [-0.2, 0) is 0 Å². The largest absolute Gasteiger partial charge is 0.255 e. The molecule has 1 unspecified atom stereocenters. The second-order valence-corrected chi connectivity index (χ2v) is 4.97. The van der Waals surface area contributed by atoms with Gasteiger partial charge in [0.2, 0.25) is 0 Å². The second-order valence-electron chi connectivity index (χ2n) is 4.97. The normalized spacial score (nSPS) is 28.8. The van der Waals surface area contributed by atoms with Gasteiger partial charge in [0.25, 0.3) is 0 Å². The van der Waals surface area contributed by atoms with Gasteiger partial charge in [0.05, 0.1) is 7.18 Å². The van der Waals surface area contributed by atoms with Gasteiger partial charge in [0.1, 0.15) is 0 Å². The van der Waals surface area contributed by atoms with E-state index in [-0.39, 0.29) is 0 Å². The first kappa shape index (κ1) is 13.2. The molecule has 0 amide bonds. The van der Waals surface area contributed by atoms with Crippen LogP contribution >= 0.6 is 0 Å². The van der Waals surface area contributed by atoms with Crippen LogP contribution in [0.4, 0.5) is 4.39 Å². The van der Waals surface area contributed by atoms with Crippen molar-refractivity contribution in [2.45, 2.75) is 46.0 Å². The summed E-state index contributed by atoms with van der Waals surface area (Å²) < 4.78 is 9.50. The number of allylic oxidation sites excluding steroid dienone is 6. The zero-order valence-electron chi connectivity index (χ0n) is 10.7. The number of halogens is 1. The lowest BCUT2D eigenvalue weighted by atomic mass is 9.69.